The minimum atomic E-state index is -1.52. The van der Waals surface area contributed by atoms with Crippen LogP contribution in [0.4, 0.5) is 0 Å². The monoisotopic (exact) mass is 335 g/mol. The van der Waals surface area contributed by atoms with Crippen molar-refractivity contribution >= 4 is 17.8 Å². The van der Waals surface area contributed by atoms with E-state index in [1.807, 2.05) is 0 Å². The van der Waals surface area contributed by atoms with E-state index in [-0.39, 0.29) is 0 Å². The van der Waals surface area contributed by atoms with Gasteiger partial charge < -0.3 is 36.2 Å². The van der Waals surface area contributed by atoms with E-state index >= 15 is 0 Å². The summed E-state index contributed by atoms with van der Waals surface area (Å²) in [6.07, 6.45) is -6.03. The van der Waals surface area contributed by atoms with E-state index in [0.717, 1.165) is 6.92 Å². The van der Waals surface area contributed by atoms with Gasteiger partial charge in [0.15, 0.2) is 0 Å². The third-order valence-electron chi connectivity index (χ3n) is 3.37. The summed E-state index contributed by atoms with van der Waals surface area (Å²) in [5.41, 5.74) is 4.97. The van der Waals surface area contributed by atoms with Crippen molar-refractivity contribution in [1.29, 1.82) is 0 Å². The van der Waals surface area contributed by atoms with Crippen molar-refractivity contribution in [1.82, 2.24) is 10.6 Å². The number of aliphatic hydroxyl groups is 3. The number of carbonyl (C=O) groups excluding carboxylic acids is 2. The summed E-state index contributed by atoms with van der Waals surface area (Å²) < 4.78 is 5.29. The lowest BCUT2D eigenvalue weighted by atomic mass is 9.95. The van der Waals surface area contributed by atoms with Crippen LogP contribution in [0.15, 0.2) is 0 Å². The first kappa shape index (κ1) is 19.3. The van der Waals surface area contributed by atoms with Crippen molar-refractivity contribution in [3.63, 3.8) is 0 Å². The molecule has 11 nitrogen and oxygen atoms in total. The molecule has 6 atom stereocenters. The van der Waals surface area contributed by atoms with Gasteiger partial charge in [-0.2, -0.15) is 0 Å². The predicted octanol–water partition coefficient (Wildman–Crippen LogP) is -4.15. The largest absolute Gasteiger partial charge is 0.480 e. The summed E-state index contributed by atoms with van der Waals surface area (Å²) in [5.74, 6) is -2.83. The molecule has 0 radical (unpaired) electrons. The highest BCUT2D eigenvalue weighted by atomic mass is 16.5. The molecule has 0 aliphatic carbocycles. The molecular formula is C12H21N3O8. The Morgan fingerprint density at radius 1 is 1.26 bits per heavy atom. The number of rotatable bonds is 7. The normalized spacial score (nSPS) is 32.1. The molecule has 8 N–H and O–H groups in total. The zero-order chi connectivity index (χ0) is 17.7. The molecule has 2 amide bonds. The van der Waals surface area contributed by atoms with E-state index in [0.29, 0.717) is 0 Å². The van der Waals surface area contributed by atoms with Gasteiger partial charge in [-0.1, -0.05) is 0 Å². The SMILES string of the molecule is CC(=O)N[C@H]1C(N[C@@H](CC(N)=O)C(=O)O)O[C@H](CO)[C@H](O)[C@@H]1O. The standard InChI is InChI=1S/C12H21N3O8/c1-4(17)14-8-10(20)9(19)6(3-16)23-11(8)15-5(12(21)22)2-7(13)18/h5-6,8-11,15-16,19-20H,2-3H2,1H3,(H2,13,18)(H,14,17)(H,21,22)/t5-,6+,8+,9-,10+,11?/m0/s1. The number of carboxylic acid groups (broad SMARTS) is 1. The lowest BCUT2D eigenvalue weighted by molar-refractivity contribution is -0.205. The van der Waals surface area contributed by atoms with Crippen molar-refractivity contribution < 1.29 is 39.5 Å². The maximum atomic E-state index is 11.2. The Morgan fingerprint density at radius 3 is 2.30 bits per heavy atom. The molecule has 23 heavy (non-hydrogen) atoms. The van der Waals surface area contributed by atoms with E-state index < -0.39 is 67.4 Å². The molecule has 0 aromatic heterocycles. The fourth-order valence-corrected chi connectivity index (χ4v) is 2.27. The highest BCUT2D eigenvalue weighted by Gasteiger charge is 2.45. The molecule has 0 aromatic rings. The number of amides is 2. The molecule has 0 aromatic carbocycles. The fraction of sp³-hybridized carbons (Fsp3) is 0.750. The van der Waals surface area contributed by atoms with Crippen molar-refractivity contribution in [3.8, 4) is 0 Å². The van der Waals surface area contributed by atoms with Gasteiger partial charge in [-0.3, -0.25) is 19.7 Å². The number of aliphatic hydroxyl groups excluding tert-OH is 3. The third kappa shape index (κ3) is 5.11. The maximum absolute atomic E-state index is 11.2. The number of nitrogens with two attached hydrogens (primary N) is 1. The summed E-state index contributed by atoms with van der Waals surface area (Å²) in [5, 5.41) is 42.9. The highest BCUT2D eigenvalue weighted by Crippen LogP contribution is 2.20. The Kier molecular flexibility index (Phi) is 6.84. The molecule has 1 rings (SSSR count). The molecule has 1 saturated heterocycles. The summed E-state index contributed by atoms with van der Waals surface area (Å²) in [6.45, 7) is 0.517. The number of carboxylic acids is 1. The van der Waals surface area contributed by atoms with Crippen LogP contribution in [0.1, 0.15) is 13.3 Å². The second-order valence-electron chi connectivity index (χ2n) is 5.21. The summed E-state index contributed by atoms with van der Waals surface area (Å²) >= 11 is 0. The van der Waals surface area contributed by atoms with Crippen LogP contribution in [-0.4, -0.2) is 81.4 Å². The van der Waals surface area contributed by atoms with Crippen LogP contribution in [0.5, 0.6) is 0 Å². The Balaban J connectivity index is 2.97. The quantitative estimate of drug-likeness (QED) is 0.242. The van der Waals surface area contributed by atoms with Crippen LogP contribution in [0, 0.1) is 0 Å². The number of carbonyl (C=O) groups is 3. The van der Waals surface area contributed by atoms with E-state index in [4.69, 9.17) is 20.7 Å². The zero-order valence-corrected chi connectivity index (χ0v) is 12.4. The fourth-order valence-electron chi connectivity index (χ4n) is 2.27. The van der Waals surface area contributed by atoms with Crippen LogP contribution < -0.4 is 16.4 Å². The lowest BCUT2D eigenvalue weighted by Crippen LogP contribution is -2.69. The molecule has 11 heteroatoms. The van der Waals surface area contributed by atoms with Gasteiger partial charge in [-0.05, 0) is 0 Å². The molecule has 0 saturated carbocycles. The summed E-state index contributed by atoms with van der Waals surface area (Å²) in [7, 11) is 0. The van der Waals surface area contributed by atoms with Gasteiger partial charge in [0, 0.05) is 6.92 Å². The van der Waals surface area contributed by atoms with Crippen molar-refractivity contribution in [3.05, 3.63) is 0 Å². The first-order valence-corrected chi connectivity index (χ1v) is 6.84. The molecular weight excluding hydrogens is 314 g/mol. The molecule has 1 aliphatic heterocycles. The summed E-state index contributed by atoms with van der Waals surface area (Å²) in [6, 6.07) is -2.63. The Labute approximate surface area is 131 Å². The van der Waals surface area contributed by atoms with Gasteiger partial charge in [-0.25, -0.2) is 0 Å². The van der Waals surface area contributed by atoms with Gasteiger partial charge in [0.1, 0.15) is 30.6 Å². The Hall–Kier alpha value is -1.79. The molecule has 1 aliphatic rings. The second kappa shape index (κ2) is 8.17. The van der Waals surface area contributed by atoms with Gasteiger partial charge in [-0.15, -0.1) is 0 Å². The third-order valence-corrected chi connectivity index (χ3v) is 3.37. The van der Waals surface area contributed by atoms with Crippen molar-refractivity contribution in [2.75, 3.05) is 6.61 Å². The molecule has 0 spiro atoms. The van der Waals surface area contributed by atoms with Gasteiger partial charge in [0.25, 0.3) is 0 Å². The topological polar surface area (TPSA) is 191 Å². The molecule has 1 unspecified atom stereocenters. The summed E-state index contributed by atoms with van der Waals surface area (Å²) in [4.78, 5) is 33.3. The number of ether oxygens (including phenoxy) is 1. The minimum absolute atomic E-state index is 0.551. The second-order valence-corrected chi connectivity index (χ2v) is 5.21. The highest BCUT2D eigenvalue weighted by molar-refractivity contribution is 5.83. The smallest absolute Gasteiger partial charge is 0.321 e. The Morgan fingerprint density at radius 2 is 1.87 bits per heavy atom. The number of aliphatic carboxylic acids is 1. The van der Waals surface area contributed by atoms with E-state index in [1.54, 1.807) is 0 Å². The number of nitrogens with one attached hydrogen (secondary N) is 2. The average molecular weight is 335 g/mol. The van der Waals surface area contributed by atoms with Crippen LogP contribution in [0.25, 0.3) is 0 Å². The van der Waals surface area contributed by atoms with E-state index in [9.17, 15) is 24.6 Å². The molecule has 1 heterocycles. The minimum Gasteiger partial charge on any atom is -0.480 e. The van der Waals surface area contributed by atoms with E-state index in [1.165, 1.54) is 0 Å². The molecule has 1 fully saturated rings. The lowest BCUT2D eigenvalue weighted by Gasteiger charge is -2.43. The van der Waals surface area contributed by atoms with E-state index in [2.05, 4.69) is 10.6 Å². The van der Waals surface area contributed by atoms with Crippen molar-refractivity contribution in [2.24, 2.45) is 5.73 Å². The number of hydrogen-bond donors (Lipinski definition) is 7. The van der Waals surface area contributed by atoms with Crippen LogP contribution in [0.3, 0.4) is 0 Å². The van der Waals surface area contributed by atoms with Crippen LogP contribution in [-0.2, 0) is 19.1 Å². The first-order chi connectivity index (χ1) is 10.7. The van der Waals surface area contributed by atoms with Crippen molar-refractivity contribution in [2.45, 2.75) is 50.0 Å². The Bertz CT molecular complexity index is 460. The van der Waals surface area contributed by atoms with Gasteiger partial charge in [0.2, 0.25) is 11.8 Å². The van der Waals surface area contributed by atoms with Gasteiger partial charge in [0.05, 0.1) is 19.1 Å². The number of primary amides is 1. The first-order valence-electron chi connectivity index (χ1n) is 6.84. The predicted molar refractivity (Wildman–Crippen MR) is 73.7 cm³/mol. The van der Waals surface area contributed by atoms with Crippen LogP contribution >= 0.6 is 0 Å². The number of hydrogen-bond acceptors (Lipinski definition) is 8. The maximum Gasteiger partial charge on any atom is 0.321 e. The average Bonchev–Trinajstić information content (AvgIpc) is 2.44. The molecule has 132 valence electrons. The zero-order valence-electron chi connectivity index (χ0n) is 12.4. The molecule has 0 bridgehead atoms. The van der Waals surface area contributed by atoms with Crippen LogP contribution in [0.2, 0.25) is 0 Å². The van der Waals surface area contributed by atoms with Gasteiger partial charge >= 0.3 is 5.97 Å².